The number of nitrogens with one attached hydrogen (secondary N) is 1. The molecule has 0 radical (unpaired) electrons. The van der Waals surface area contributed by atoms with Crippen molar-refractivity contribution in [2.45, 2.75) is 18.4 Å². The Balaban J connectivity index is 1.74. The van der Waals surface area contributed by atoms with Crippen LogP contribution in [0.2, 0.25) is 5.02 Å². The van der Waals surface area contributed by atoms with Gasteiger partial charge in [0.15, 0.2) is 5.78 Å². The van der Waals surface area contributed by atoms with Crippen LogP contribution in [0.3, 0.4) is 0 Å². The first-order valence-electron chi connectivity index (χ1n) is 7.56. The molecule has 1 aliphatic heterocycles. The lowest BCUT2D eigenvalue weighted by Crippen LogP contribution is -2.42. The maximum atomic E-state index is 12.9. The number of Topliss-reactive ketones (excluding diaryl/α,β-unsaturated/α-hetero) is 1. The Bertz CT molecular complexity index is 753. The van der Waals surface area contributed by atoms with Gasteiger partial charge in [-0.25, -0.2) is 0 Å². The van der Waals surface area contributed by atoms with Crippen molar-refractivity contribution in [3.05, 3.63) is 76.8 Å². The fraction of sp³-hybridized carbons (Fsp3) is 0.211. The minimum absolute atomic E-state index is 0.167. The van der Waals surface area contributed by atoms with E-state index in [9.17, 15) is 4.79 Å². The van der Waals surface area contributed by atoms with Crippen molar-refractivity contribution in [1.82, 2.24) is 0 Å². The Hall–Kier alpha value is -2.06. The third-order valence-electron chi connectivity index (χ3n) is 4.67. The van der Waals surface area contributed by atoms with Crippen LogP contribution in [0.25, 0.3) is 0 Å². The molecular weight excluding hydrogens is 294 g/mol. The molecule has 0 aromatic heterocycles. The van der Waals surface area contributed by atoms with Gasteiger partial charge < -0.3 is 5.32 Å². The number of carbonyl (C=O) groups excluding carboxylic acids is 1. The van der Waals surface area contributed by atoms with E-state index in [4.69, 9.17) is 11.6 Å². The standard InChI is InChI=1S/C19H16ClNO/c20-13-9-10-17-16(11-13)14-7-4-8-15(14)18(21-17)19(22)12-5-2-1-3-6-12/h1-7,9-11,14-15,18,21H,8H2/t14-,15-,18-/m0/s1. The quantitative estimate of drug-likeness (QED) is 0.645. The molecule has 1 heterocycles. The van der Waals surface area contributed by atoms with E-state index >= 15 is 0 Å². The van der Waals surface area contributed by atoms with Crippen LogP contribution in [0.5, 0.6) is 0 Å². The monoisotopic (exact) mass is 309 g/mol. The maximum Gasteiger partial charge on any atom is 0.185 e. The number of fused-ring (bicyclic) bond motifs is 3. The second kappa shape index (κ2) is 5.29. The Kier molecular flexibility index (Phi) is 3.27. The van der Waals surface area contributed by atoms with E-state index in [-0.39, 0.29) is 23.7 Å². The van der Waals surface area contributed by atoms with Gasteiger partial charge in [-0.05, 0) is 30.2 Å². The van der Waals surface area contributed by atoms with E-state index in [0.29, 0.717) is 0 Å². The van der Waals surface area contributed by atoms with Crippen LogP contribution >= 0.6 is 11.6 Å². The molecule has 2 aromatic rings. The smallest absolute Gasteiger partial charge is 0.185 e. The second-order valence-electron chi connectivity index (χ2n) is 5.94. The first-order chi connectivity index (χ1) is 10.7. The zero-order valence-electron chi connectivity index (χ0n) is 12.0. The van der Waals surface area contributed by atoms with Gasteiger partial charge in [0.25, 0.3) is 0 Å². The first kappa shape index (κ1) is 13.6. The number of rotatable bonds is 2. The van der Waals surface area contributed by atoms with Gasteiger partial charge in [-0.15, -0.1) is 0 Å². The van der Waals surface area contributed by atoms with Gasteiger partial charge in [0.1, 0.15) is 0 Å². The van der Waals surface area contributed by atoms with Crippen molar-refractivity contribution in [3.63, 3.8) is 0 Å². The molecule has 1 aliphatic carbocycles. The lowest BCUT2D eigenvalue weighted by Gasteiger charge is -2.36. The summed E-state index contributed by atoms with van der Waals surface area (Å²) in [5.41, 5.74) is 2.98. The summed E-state index contributed by atoms with van der Waals surface area (Å²) in [4.78, 5) is 12.9. The molecule has 2 aliphatic rings. The second-order valence-corrected chi connectivity index (χ2v) is 6.37. The van der Waals surface area contributed by atoms with Gasteiger partial charge in [0.2, 0.25) is 0 Å². The van der Waals surface area contributed by atoms with E-state index in [1.54, 1.807) is 0 Å². The minimum Gasteiger partial charge on any atom is -0.374 e. The number of hydrogen-bond acceptors (Lipinski definition) is 2. The van der Waals surface area contributed by atoms with Gasteiger partial charge in [-0.1, -0.05) is 54.1 Å². The van der Waals surface area contributed by atoms with E-state index in [0.717, 1.165) is 22.7 Å². The summed E-state index contributed by atoms with van der Waals surface area (Å²) >= 11 is 6.14. The summed E-state index contributed by atoms with van der Waals surface area (Å²) < 4.78 is 0. The molecule has 0 bridgehead atoms. The average molecular weight is 310 g/mol. The average Bonchev–Trinajstić information content (AvgIpc) is 3.04. The molecule has 2 aromatic carbocycles. The molecule has 22 heavy (non-hydrogen) atoms. The van der Waals surface area contributed by atoms with Crippen molar-refractivity contribution in [1.29, 1.82) is 0 Å². The van der Waals surface area contributed by atoms with Crippen LogP contribution in [0.15, 0.2) is 60.7 Å². The zero-order valence-corrected chi connectivity index (χ0v) is 12.8. The summed E-state index contributed by atoms with van der Waals surface area (Å²) in [6, 6.07) is 15.2. The largest absolute Gasteiger partial charge is 0.374 e. The van der Waals surface area contributed by atoms with Gasteiger partial charge in [-0.2, -0.15) is 0 Å². The molecule has 3 atom stereocenters. The van der Waals surface area contributed by atoms with Crippen molar-refractivity contribution < 1.29 is 4.79 Å². The van der Waals surface area contributed by atoms with E-state index in [1.165, 1.54) is 5.56 Å². The van der Waals surface area contributed by atoms with Crippen LogP contribution in [-0.4, -0.2) is 11.8 Å². The third kappa shape index (κ3) is 2.15. The fourth-order valence-corrected chi connectivity index (χ4v) is 3.79. The van der Waals surface area contributed by atoms with Gasteiger partial charge >= 0.3 is 0 Å². The number of halogens is 1. The number of benzene rings is 2. The molecule has 1 N–H and O–H groups in total. The molecule has 0 fully saturated rings. The first-order valence-corrected chi connectivity index (χ1v) is 7.94. The van der Waals surface area contributed by atoms with Crippen LogP contribution in [0, 0.1) is 5.92 Å². The summed E-state index contributed by atoms with van der Waals surface area (Å²) in [5.74, 6) is 0.700. The number of hydrogen-bond donors (Lipinski definition) is 1. The normalized spacial score (nSPS) is 25.2. The summed E-state index contributed by atoms with van der Waals surface area (Å²) in [6.45, 7) is 0. The van der Waals surface area contributed by atoms with Crippen molar-refractivity contribution in [2.24, 2.45) is 5.92 Å². The van der Waals surface area contributed by atoms with Gasteiger partial charge in [0, 0.05) is 28.1 Å². The van der Waals surface area contributed by atoms with Gasteiger partial charge in [0.05, 0.1) is 6.04 Å². The lowest BCUT2D eigenvalue weighted by molar-refractivity contribution is 0.0938. The minimum atomic E-state index is -0.184. The number of carbonyl (C=O) groups is 1. The molecule has 4 rings (SSSR count). The van der Waals surface area contributed by atoms with Crippen LogP contribution in [0.4, 0.5) is 5.69 Å². The highest BCUT2D eigenvalue weighted by Crippen LogP contribution is 2.45. The predicted octanol–water partition coefficient (Wildman–Crippen LogP) is 4.68. The van der Waals surface area contributed by atoms with E-state index < -0.39 is 0 Å². The van der Waals surface area contributed by atoms with E-state index in [2.05, 4.69) is 17.5 Å². The molecule has 2 nitrogen and oxygen atoms in total. The highest BCUT2D eigenvalue weighted by molar-refractivity contribution is 6.30. The lowest BCUT2D eigenvalue weighted by atomic mass is 9.77. The number of allylic oxidation sites excluding steroid dienone is 2. The molecule has 0 unspecified atom stereocenters. The van der Waals surface area contributed by atoms with Crippen LogP contribution < -0.4 is 5.32 Å². The topological polar surface area (TPSA) is 29.1 Å². The third-order valence-corrected chi connectivity index (χ3v) is 4.90. The predicted molar refractivity (Wildman–Crippen MR) is 89.6 cm³/mol. The summed E-state index contributed by atoms with van der Waals surface area (Å²) in [6.07, 6.45) is 5.32. The Morgan fingerprint density at radius 3 is 2.77 bits per heavy atom. The number of ketones is 1. The maximum absolute atomic E-state index is 12.9. The van der Waals surface area contributed by atoms with Gasteiger partial charge in [-0.3, -0.25) is 4.79 Å². The Morgan fingerprint density at radius 2 is 1.95 bits per heavy atom. The van der Waals surface area contributed by atoms with Crippen LogP contribution in [-0.2, 0) is 0 Å². The van der Waals surface area contributed by atoms with Crippen LogP contribution in [0.1, 0.15) is 28.3 Å². The zero-order chi connectivity index (χ0) is 15.1. The Labute approximate surface area is 134 Å². The van der Waals surface area contributed by atoms with Crippen molar-refractivity contribution >= 4 is 23.1 Å². The fourth-order valence-electron chi connectivity index (χ4n) is 3.61. The van der Waals surface area contributed by atoms with Crippen molar-refractivity contribution in [2.75, 3.05) is 5.32 Å². The SMILES string of the molecule is O=C(c1ccccc1)[C@H]1Nc2ccc(Cl)cc2[C@H]2C=CC[C@H]12. The van der Waals surface area contributed by atoms with E-state index in [1.807, 2.05) is 48.5 Å². The summed E-state index contributed by atoms with van der Waals surface area (Å²) in [7, 11) is 0. The summed E-state index contributed by atoms with van der Waals surface area (Å²) in [5, 5.41) is 4.19. The molecule has 0 amide bonds. The molecule has 3 heteroatoms. The molecule has 110 valence electrons. The molecule has 0 spiro atoms. The highest BCUT2D eigenvalue weighted by atomic mass is 35.5. The highest BCUT2D eigenvalue weighted by Gasteiger charge is 2.40. The molecule has 0 saturated carbocycles. The van der Waals surface area contributed by atoms with Crippen molar-refractivity contribution in [3.8, 4) is 0 Å². The molecule has 0 saturated heterocycles. The molecular formula is C19H16ClNO. The Morgan fingerprint density at radius 1 is 1.14 bits per heavy atom. The number of anilines is 1.